The summed E-state index contributed by atoms with van der Waals surface area (Å²) in [6.45, 7) is 15.3. The van der Waals surface area contributed by atoms with Crippen molar-refractivity contribution in [2.75, 3.05) is 51.8 Å². The number of aliphatic hydroxyl groups is 2. The number of rotatable bonds is 50. The van der Waals surface area contributed by atoms with E-state index in [1.54, 1.807) is 0 Å². The molecule has 0 aromatic rings. The van der Waals surface area contributed by atoms with Crippen molar-refractivity contribution >= 4 is 30.1 Å². The monoisotopic (exact) mass is 890 g/mol. The Morgan fingerprint density at radius 1 is 0.525 bits per heavy atom. The highest BCUT2D eigenvalue weighted by molar-refractivity contribution is 8.76. The van der Waals surface area contributed by atoms with Crippen LogP contribution < -0.4 is 0 Å². The SMILES string of the molecule is CCCCCCCC/C=C\CCCCCCCC(OCC(CCCCCCCC)SSCCCCCCCCCC)O[Si](C)(C)OCCCCCCN(CCO)CCO. The van der Waals surface area contributed by atoms with E-state index in [2.05, 4.69) is 72.5 Å². The maximum atomic E-state index is 9.28. The first-order chi connectivity index (χ1) is 28.9. The molecule has 2 N–H and O–H groups in total. The highest BCUT2D eigenvalue weighted by Gasteiger charge is 2.29. The Kier molecular flexibility index (Phi) is 48.2. The number of nitrogens with zero attached hydrogens (tertiary/aromatic N) is 1. The molecule has 0 saturated carbocycles. The van der Waals surface area contributed by atoms with Gasteiger partial charge in [-0.2, -0.15) is 0 Å². The molecular formula is C50H103NO5S2Si. The summed E-state index contributed by atoms with van der Waals surface area (Å²) in [6.07, 6.45) is 47.4. The van der Waals surface area contributed by atoms with E-state index >= 15 is 0 Å². The summed E-state index contributed by atoms with van der Waals surface area (Å²) < 4.78 is 20.1. The van der Waals surface area contributed by atoms with Crippen molar-refractivity contribution in [1.29, 1.82) is 0 Å². The molecule has 0 heterocycles. The number of unbranched alkanes of at least 4 members (excludes halogenated alkanes) is 26. The lowest BCUT2D eigenvalue weighted by molar-refractivity contribution is -0.103. The molecule has 354 valence electrons. The number of hydrogen-bond donors (Lipinski definition) is 2. The summed E-state index contributed by atoms with van der Waals surface area (Å²) in [7, 11) is 1.81. The zero-order chi connectivity index (χ0) is 43.2. The molecule has 0 aliphatic heterocycles. The topological polar surface area (TPSA) is 71.4 Å². The lowest BCUT2D eigenvalue weighted by atomic mass is 10.1. The molecular weight excluding hydrogens is 787 g/mol. The smallest absolute Gasteiger partial charge is 0.333 e. The summed E-state index contributed by atoms with van der Waals surface area (Å²) in [5, 5.41) is 19.1. The minimum atomic E-state index is -2.36. The van der Waals surface area contributed by atoms with Crippen LogP contribution in [0.25, 0.3) is 0 Å². The lowest BCUT2D eigenvalue weighted by Gasteiger charge is -2.30. The van der Waals surface area contributed by atoms with Gasteiger partial charge >= 0.3 is 8.56 Å². The third-order valence-electron chi connectivity index (χ3n) is 11.4. The third kappa shape index (κ3) is 44.8. The Morgan fingerprint density at radius 2 is 0.983 bits per heavy atom. The van der Waals surface area contributed by atoms with Gasteiger partial charge in [-0.1, -0.05) is 202 Å². The van der Waals surface area contributed by atoms with Gasteiger partial charge in [0.15, 0.2) is 0 Å². The molecule has 59 heavy (non-hydrogen) atoms. The maximum absolute atomic E-state index is 9.28. The Bertz CT molecular complexity index is 835. The van der Waals surface area contributed by atoms with Crippen molar-refractivity contribution in [1.82, 2.24) is 4.90 Å². The average molecular weight is 891 g/mol. The highest BCUT2D eigenvalue weighted by Crippen LogP contribution is 2.32. The third-order valence-corrected chi connectivity index (χ3v) is 16.1. The van der Waals surface area contributed by atoms with E-state index in [1.165, 1.54) is 179 Å². The molecule has 6 nitrogen and oxygen atoms in total. The van der Waals surface area contributed by atoms with Gasteiger partial charge in [-0.25, -0.2) is 0 Å². The van der Waals surface area contributed by atoms with Crippen molar-refractivity contribution < 1.29 is 23.8 Å². The highest BCUT2D eigenvalue weighted by atomic mass is 33.1. The van der Waals surface area contributed by atoms with Crippen LogP contribution in [-0.4, -0.2) is 87.0 Å². The summed E-state index contributed by atoms with van der Waals surface area (Å²) in [5.41, 5.74) is 0. The van der Waals surface area contributed by atoms with Crippen molar-refractivity contribution in [3.05, 3.63) is 12.2 Å². The van der Waals surface area contributed by atoms with E-state index in [4.69, 9.17) is 13.6 Å². The first-order valence-corrected chi connectivity index (χ1v) is 30.9. The molecule has 0 spiro atoms. The number of hydrogen-bond acceptors (Lipinski definition) is 8. The maximum Gasteiger partial charge on any atom is 0.333 e. The van der Waals surface area contributed by atoms with Crippen LogP contribution >= 0.6 is 21.6 Å². The van der Waals surface area contributed by atoms with Gasteiger partial charge in [-0.05, 0) is 83.8 Å². The molecule has 0 aromatic carbocycles. The van der Waals surface area contributed by atoms with Gasteiger partial charge in [0.2, 0.25) is 0 Å². The van der Waals surface area contributed by atoms with Gasteiger partial charge in [-0.3, -0.25) is 4.90 Å². The minimum Gasteiger partial charge on any atom is -0.395 e. The number of aliphatic hydroxyl groups excluding tert-OH is 2. The van der Waals surface area contributed by atoms with Crippen molar-refractivity contribution in [3.63, 3.8) is 0 Å². The van der Waals surface area contributed by atoms with E-state index in [9.17, 15) is 10.2 Å². The molecule has 2 atom stereocenters. The molecule has 0 aromatic heterocycles. The van der Waals surface area contributed by atoms with Gasteiger partial charge in [0, 0.05) is 30.7 Å². The fourth-order valence-electron chi connectivity index (χ4n) is 7.60. The van der Waals surface area contributed by atoms with E-state index < -0.39 is 8.56 Å². The second-order valence-electron chi connectivity index (χ2n) is 17.8. The molecule has 0 fully saturated rings. The van der Waals surface area contributed by atoms with E-state index in [1.807, 2.05) is 0 Å². The Morgan fingerprint density at radius 3 is 1.53 bits per heavy atom. The van der Waals surface area contributed by atoms with E-state index in [0.717, 1.165) is 58.3 Å². The van der Waals surface area contributed by atoms with Crippen LogP contribution in [0.15, 0.2) is 12.2 Å². The summed E-state index contributed by atoms with van der Waals surface area (Å²) in [6, 6.07) is 0. The quantitative estimate of drug-likeness (QED) is 0.0206. The number of allylic oxidation sites excluding steroid dienone is 2. The fourth-order valence-corrected chi connectivity index (χ4v) is 11.8. The van der Waals surface area contributed by atoms with Crippen LogP contribution in [-0.2, 0) is 13.6 Å². The summed E-state index contributed by atoms with van der Waals surface area (Å²) >= 11 is 0. The molecule has 2 unspecified atom stereocenters. The second-order valence-corrected chi connectivity index (χ2v) is 23.9. The molecule has 0 radical (unpaired) electrons. The molecule has 0 saturated heterocycles. The molecule has 0 aliphatic rings. The van der Waals surface area contributed by atoms with Crippen LogP contribution in [0.1, 0.15) is 233 Å². The Hall–Kier alpha value is 0.417. The van der Waals surface area contributed by atoms with Crippen LogP contribution in [0.2, 0.25) is 13.1 Å². The van der Waals surface area contributed by atoms with Crippen molar-refractivity contribution in [3.8, 4) is 0 Å². The van der Waals surface area contributed by atoms with Crippen LogP contribution in [0.3, 0.4) is 0 Å². The molecule has 0 amide bonds. The molecule has 0 aliphatic carbocycles. The van der Waals surface area contributed by atoms with Gasteiger partial charge in [-0.15, -0.1) is 0 Å². The second kappa shape index (κ2) is 47.9. The summed E-state index contributed by atoms with van der Waals surface area (Å²) in [4.78, 5) is 2.14. The largest absolute Gasteiger partial charge is 0.395 e. The predicted molar refractivity (Wildman–Crippen MR) is 267 cm³/mol. The molecule has 9 heteroatoms. The van der Waals surface area contributed by atoms with Crippen molar-refractivity contribution in [2.24, 2.45) is 0 Å². The summed E-state index contributed by atoms with van der Waals surface area (Å²) in [5.74, 6) is 1.25. The van der Waals surface area contributed by atoms with E-state index in [0.29, 0.717) is 18.3 Å². The molecule has 0 rings (SSSR count). The first kappa shape index (κ1) is 59.4. The normalized spacial score (nSPS) is 13.4. The Balaban J connectivity index is 4.98. The predicted octanol–water partition coefficient (Wildman–Crippen LogP) is 15.6. The number of ether oxygens (including phenoxy) is 1. The minimum absolute atomic E-state index is 0.145. The Labute approximate surface area is 378 Å². The van der Waals surface area contributed by atoms with Gasteiger partial charge in [0.25, 0.3) is 0 Å². The molecule has 0 bridgehead atoms. The van der Waals surface area contributed by atoms with Crippen LogP contribution in [0.5, 0.6) is 0 Å². The fraction of sp³-hybridized carbons (Fsp3) is 0.960. The van der Waals surface area contributed by atoms with Crippen LogP contribution in [0, 0.1) is 0 Å². The van der Waals surface area contributed by atoms with Gasteiger partial charge < -0.3 is 23.8 Å². The zero-order valence-corrected chi connectivity index (χ0v) is 42.8. The standard InChI is InChI=1S/C50H103NO5S2Si/c1-6-9-12-15-18-20-21-22-23-24-25-26-27-30-35-40-50(56-59(4,5)55-46-37-32-31-36-41-51(42-44-52)43-45-53)54-48-49(39-34-29-17-14-11-8-3)58-57-47-38-33-28-19-16-13-10-7-2/h22-23,49-50,52-53H,6-21,24-48H2,1-5H3/b23-22-. The first-order valence-electron chi connectivity index (χ1n) is 25.7. The van der Waals surface area contributed by atoms with Gasteiger partial charge in [0.1, 0.15) is 6.29 Å². The average Bonchev–Trinajstić information content (AvgIpc) is 3.22. The van der Waals surface area contributed by atoms with E-state index in [-0.39, 0.29) is 19.5 Å². The van der Waals surface area contributed by atoms with Crippen LogP contribution in [0.4, 0.5) is 0 Å². The zero-order valence-electron chi connectivity index (χ0n) is 40.2. The van der Waals surface area contributed by atoms with Crippen molar-refractivity contribution in [2.45, 2.75) is 257 Å². The van der Waals surface area contributed by atoms with Gasteiger partial charge in [0.05, 0.1) is 19.8 Å². The lowest BCUT2D eigenvalue weighted by Crippen LogP contribution is -2.41.